The number of benzene rings is 1. The minimum atomic E-state index is -3.08. The lowest BCUT2D eigenvalue weighted by Gasteiger charge is -2.40. The highest BCUT2D eigenvalue weighted by molar-refractivity contribution is 14.0. The van der Waals surface area contributed by atoms with Gasteiger partial charge in [0, 0.05) is 32.1 Å². The van der Waals surface area contributed by atoms with Crippen LogP contribution in [0, 0.1) is 0 Å². The predicted molar refractivity (Wildman–Crippen MR) is 127 cm³/mol. The molecule has 0 radical (unpaired) electrons. The average molecular weight is 537 g/mol. The van der Waals surface area contributed by atoms with E-state index in [1.165, 1.54) is 0 Å². The molecule has 164 valence electrons. The van der Waals surface area contributed by atoms with E-state index in [1.807, 2.05) is 17.0 Å². The van der Waals surface area contributed by atoms with Gasteiger partial charge in [0.25, 0.3) is 0 Å². The Hall–Kier alpha value is -1.23. The van der Waals surface area contributed by atoms with E-state index in [1.54, 1.807) is 20.9 Å². The fraction of sp³-hybridized carbons (Fsp3) is 0.650. The maximum absolute atomic E-state index is 12.3. The molecule has 1 saturated heterocycles. The Morgan fingerprint density at radius 2 is 1.90 bits per heavy atom. The molecule has 9 heteroatoms. The first kappa shape index (κ1) is 24.0. The van der Waals surface area contributed by atoms with Gasteiger partial charge in [0.1, 0.15) is 13.2 Å². The van der Waals surface area contributed by atoms with Crippen molar-refractivity contribution in [1.82, 2.24) is 10.2 Å². The first-order valence-electron chi connectivity index (χ1n) is 9.64. The van der Waals surface area contributed by atoms with Gasteiger partial charge in [0.05, 0.1) is 10.5 Å². The number of rotatable bonds is 3. The van der Waals surface area contributed by atoms with E-state index in [2.05, 4.69) is 30.2 Å². The van der Waals surface area contributed by atoms with Gasteiger partial charge in [0.2, 0.25) is 0 Å². The molecular formula is C20H32IN3O4S. The molecule has 1 N–H and O–H groups in total. The molecule has 0 amide bonds. The van der Waals surface area contributed by atoms with Crippen LogP contribution in [-0.2, 0) is 15.3 Å². The molecule has 2 aliphatic heterocycles. The molecule has 1 fully saturated rings. The number of hydrogen-bond donors (Lipinski definition) is 1. The second-order valence-corrected chi connectivity index (χ2v) is 11.4. The quantitative estimate of drug-likeness (QED) is 0.363. The average Bonchev–Trinajstić information content (AvgIpc) is 2.64. The Balaban J connectivity index is 0.00000300. The topological polar surface area (TPSA) is 80.2 Å². The van der Waals surface area contributed by atoms with E-state index >= 15 is 0 Å². The van der Waals surface area contributed by atoms with Gasteiger partial charge in [-0.25, -0.2) is 8.42 Å². The summed E-state index contributed by atoms with van der Waals surface area (Å²) < 4.78 is 35.1. The third kappa shape index (κ3) is 5.10. The van der Waals surface area contributed by atoms with Crippen LogP contribution in [-0.4, -0.2) is 69.7 Å². The Morgan fingerprint density at radius 1 is 1.24 bits per heavy atom. The zero-order chi connectivity index (χ0) is 20.6. The molecule has 3 rings (SSSR count). The minimum Gasteiger partial charge on any atom is -0.486 e. The standard InChI is InChI=1S/C20H31N3O4S.HI/c1-19(2,15-6-7-16-17(12-15)27-10-9-26-16)13-22-18(21-5)23-8-11-28(24,25)20(3,4)14-23;/h6-7,12H,8-11,13-14H2,1-5H3,(H,21,22);1H. The Bertz CT molecular complexity index is 868. The number of guanidine groups is 1. The first-order valence-corrected chi connectivity index (χ1v) is 11.3. The largest absolute Gasteiger partial charge is 0.486 e. The Labute approximate surface area is 191 Å². The number of halogens is 1. The fourth-order valence-electron chi connectivity index (χ4n) is 3.52. The molecule has 1 aromatic rings. The van der Waals surface area contributed by atoms with Crippen molar-refractivity contribution < 1.29 is 17.9 Å². The lowest BCUT2D eigenvalue weighted by Crippen LogP contribution is -2.58. The summed E-state index contributed by atoms with van der Waals surface area (Å²) in [7, 11) is -1.35. The lowest BCUT2D eigenvalue weighted by atomic mass is 9.84. The number of sulfone groups is 1. The van der Waals surface area contributed by atoms with Crippen LogP contribution in [0.5, 0.6) is 11.5 Å². The normalized spacial score (nSPS) is 20.6. The fourth-order valence-corrected chi connectivity index (χ4v) is 4.89. The molecule has 0 unspecified atom stereocenters. The van der Waals surface area contributed by atoms with Crippen molar-refractivity contribution in [3.63, 3.8) is 0 Å². The van der Waals surface area contributed by atoms with Gasteiger partial charge in [-0.2, -0.15) is 0 Å². The van der Waals surface area contributed by atoms with Crippen molar-refractivity contribution in [2.75, 3.05) is 45.6 Å². The van der Waals surface area contributed by atoms with Gasteiger partial charge in [-0.15, -0.1) is 24.0 Å². The van der Waals surface area contributed by atoms with E-state index in [0.717, 1.165) is 23.0 Å². The molecule has 0 bridgehead atoms. The van der Waals surface area contributed by atoms with Gasteiger partial charge >= 0.3 is 0 Å². The van der Waals surface area contributed by atoms with Crippen LogP contribution in [0.4, 0.5) is 0 Å². The molecule has 0 atom stereocenters. The highest BCUT2D eigenvalue weighted by atomic mass is 127. The van der Waals surface area contributed by atoms with Crippen LogP contribution in [0.1, 0.15) is 33.3 Å². The number of hydrogen-bond acceptors (Lipinski definition) is 5. The minimum absolute atomic E-state index is 0. The van der Waals surface area contributed by atoms with Crippen LogP contribution in [0.15, 0.2) is 23.2 Å². The van der Waals surface area contributed by atoms with E-state index < -0.39 is 14.6 Å². The second kappa shape index (κ2) is 8.87. The van der Waals surface area contributed by atoms with E-state index in [-0.39, 0.29) is 35.1 Å². The van der Waals surface area contributed by atoms with Crippen molar-refractivity contribution in [1.29, 1.82) is 0 Å². The molecule has 0 aliphatic carbocycles. The lowest BCUT2D eigenvalue weighted by molar-refractivity contribution is 0.171. The first-order chi connectivity index (χ1) is 13.1. The Morgan fingerprint density at radius 3 is 2.52 bits per heavy atom. The van der Waals surface area contributed by atoms with Crippen LogP contribution in [0.25, 0.3) is 0 Å². The molecule has 1 aromatic carbocycles. The van der Waals surface area contributed by atoms with Crippen molar-refractivity contribution >= 4 is 39.8 Å². The summed E-state index contributed by atoms with van der Waals surface area (Å²) in [4.78, 5) is 6.41. The molecule has 2 aliphatic rings. The van der Waals surface area contributed by atoms with E-state index in [9.17, 15) is 8.42 Å². The van der Waals surface area contributed by atoms with Crippen molar-refractivity contribution in [3.05, 3.63) is 23.8 Å². The third-order valence-corrected chi connectivity index (χ3v) is 8.10. The van der Waals surface area contributed by atoms with Crippen LogP contribution >= 0.6 is 24.0 Å². The third-order valence-electron chi connectivity index (χ3n) is 5.57. The number of ether oxygens (including phenoxy) is 2. The summed E-state index contributed by atoms with van der Waals surface area (Å²) in [6.45, 7) is 10.6. The van der Waals surface area contributed by atoms with Crippen LogP contribution < -0.4 is 14.8 Å². The number of aliphatic imine (C=N–C) groups is 1. The maximum Gasteiger partial charge on any atom is 0.193 e. The summed E-state index contributed by atoms with van der Waals surface area (Å²) in [6.07, 6.45) is 0. The van der Waals surface area contributed by atoms with Crippen molar-refractivity contribution in [2.24, 2.45) is 4.99 Å². The van der Waals surface area contributed by atoms with Crippen LogP contribution in [0.2, 0.25) is 0 Å². The summed E-state index contributed by atoms with van der Waals surface area (Å²) in [5.74, 6) is 2.44. The summed E-state index contributed by atoms with van der Waals surface area (Å²) in [5.41, 5.74) is 0.963. The summed E-state index contributed by atoms with van der Waals surface area (Å²) in [5, 5.41) is 3.43. The second-order valence-electron chi connectivity index (χ2n) is 8.64. The number of nitrogens with one attached hydrogen (secondary N) is 1. The predicted octanol–water partition coefficient (Wildman–Crippen LogP) is 2.44. The van der Waals surface area contributed by atoms with Gasteiger partial charge in [0.15, 0.2) is 27.3 Å². The number of fused-ring (bicyclic) bond motifs is 1. The van der Waals surface area contributed by atoms with E-state index in [0.29, 0.717) is 32.8 Å². The molecule has 7 nitrogen and oxygen atoms in total. The van der Waals surface area contributed by atoms with Gasteiger partial charge in [-0.3, -0.25) is 4.99 Å². The molecule has 0 aromatic heterocycles. The zero-order valence-corrected chi connectivity index (χ0v) is 21.0. The molecule has 2 heterocycles. The molecule has 29 heavy (non-hydrogen) atoms. The van der Waals surface area contributed by atoms with E-state index in [4.69, 9.17) is 9.47 Å². The van der Waals surface area contributed by atoms with Crippen molar-refractivity contribution in [3.8, 4) is 11.5 Å². The highest BCUT2D eigenvalue weighted by Crippen LogP contribution is 2.35. The Kier molecular flexibility index (Phi) is 7.35. The molecular weight excluding hydrogens is 505 g/mol. The smallest absolute Gasteiger partial charge is 0.193 e. The van der Waals surface area contributed by atoms with Gasteiger partial charge in [-0.1, -0.05) is 19.9 Å². The molecule has 0 spiro atoms. The van der Waals surface area contributed by atoms with Crippen molar-refractivity contribution in [2.45, 2.75) is 37.9 Å². The zero-order valence-electron chi connectivity index (χ0n) is 17.8. The highest BCUT2D eigenvalue weighted by Gasteiger charge is 2.41. The van der Waals surface area contributed by atoms with Crippen LogP contribution in [0.3, 0.4) is 0 Å². The van der Waals surface area contributed by atoms with Gasteiger partial charge in [-0.05, 0) is 31.5 Å². The monoisotopic (exact) mass is 537 g/mol. The summed E-state index contributed by atoms with van der Waals surface area (Å²) in [6, 6.07) is 6.06. The molecule has 0 saturated carbocycles. The number of nitrogens with zero attached hydrogens (tertiary/aromatic N) is 2. The summed E-state index contributed by atoms with van der Waals surface area (Å²) >= 11 is 0. The maximum atomic E-state index is 12.3. The SMILES string of the molecule is CN=C(NCC(C)(C)c1ccc2c(c1)OCCO2)N1CCS(=O)(=O)C(C)(C)C1.I. The van der Waals surface area contributed by atoms with Gasteiger partial charge < -0.3 is 19.7 Å².